The van der Waals surface area contributed by atoms with Crippen LogP contribution in [-0.2, 0) is 23.8 Å². The number of benzene rings is 2. The number of carbonyl (C=O) groups excluding carboxylic acids is 3. The summed E-state index contributed by atoms with van der Waals surface area (Å²) in [6, 6.07) is 18.5. The van der Waals surface area contributed by atoms with Crippen LogP contribution in [0.5, 0.6) is 0 Å². The van der Waals surface area contributed by atoms with Crippen LogP contribution in [0.15, 0.2) is 88.1 Å². The summed E-state index contributed by atoms with van der Waals surface area (Å²) in [6.45, 7) is 1.81. The topological polar surface area (TPSA) is 117 Å². The average Bonchev–Trinajstić information content (AvgIpc) is 2.97. The molecule has 3 rings (SSSR count). The van der Waals surface area contributed by atoms with Crippen LogP contribution in [0.2, 0.25) is 0 Å². The van der Waals surface area contributed by atoms with Crippen molar-refractivity contribution < 1.29 is 28.6 Å². The fourth-order valence-corrected chi connectivity index (χ4v) is 8.49. The SMILES string of the molecule is CCOC(=O)N=P(C(/C(=C\C(=O)OC)C(=O)OC)=C(/N)C1CCCCC1)(c1ccccc1)c1ccccc1. The van der Waals surface area contributed by atoms with E-state index in [2.05, 4.69) is 0 Å². The maximum Gasteiger partial charge on any atom is 0.433 e. The van der Waals surface area contributed by atoms with Gasteiger partial charge in [0.2, 0.25) is 0 Å². The molecule has 1 aliphatic rings. The number of hydrogen-bond donors (Lipinski definition) is 1. The lowest BCUT2D eigenvalue weighted by Gasteiger charge is -2.33. The Labute approximate surface area is 223 Å². The summed E-state index contributed by atoms with van der Waals surface area (Å²) in [5.74, 6) is -1.61. The second kappa shape index (κ2) is 13.8. The summed E-state index contributed by atoms with van der Waals surface area (Å²) < 4.78 is 20.1. The molecule has 0 aromatic heterocycles. The Morgan fingerprint density at radius 1 is 0.921 bits per heavy atom. The van der Waals surface area contributed by atoms with Gasteiger partial charge in [0.1, 0.15) is 0 Å². The summed E-state index contributed by atoms with van der Waals surface area (Å²) in [6.07, 6.45) is 4.96. The third-order valence-corrected chi connectivity index (χ3v) is 10.2. The molecule has 2 N–H and O–H groups in total. The highest BCUT2D eigenvalue weighted by atomic mass is 31.2. The minimum atomic E-state index is -3.38. The third-order valence-electron chi connectivity index (χ3n) is 6.53. The molecule has 202 valence electrons. The van der Waals surface area contributed by atoms with Crippen molar-refractivity contribution in [1.29, 1.82) is 0 Å². The zero-order valence-corrected chi connectivity index (χ0v) is 23.0. The Bertz CT molecular complexity index is 1200. The van der Waals surface area contributed by atoms with Gasteiger partial charge in [0.05, 0.1) is 33.5 Å². The lowest BCUT2D eigenvalue weighted by atomic mass is 9.86. The first-order valence-electron chi connectivity index (χ1n) is 12.7. The number of esters is 2. The molecular formula is C29H35N2O6P. The number of rotatable bonds is 8. The van der Waals surface area contributed by atoms with Crippen molar-refractivity contribution in [2.45, 2.75) is 39.0 Å². The average molecular weight is 539 g/mol. The monoisotopic (exact) mass is 538 g/mol. The van der Waals surface area contributed by atoms with Gasteiger partial charge in [-0.15, -0.1) is 0 Å². The van der Waals surface area contributed by atoms with E-state index in [-0.39, 0.29) is 18.1 Å². The van der Waals surface area contributed by atoms with Crippen LogP contribution in [0.25, 0.3) is 0 Å². The van der Waals surface area contributed by atoms with E-state index in [1.807, 2.05) is 60.7 Å². The number of amides is 1. The molecule has 1 amide bonds. The van der Waals surface area contributed by atoms with Gasteiger partial charge in [-0.1, -0.05) is 79.9 Å². The molecule has 0 radical (unpaired) electrons. The van der Waals surface area contributed by atoms with Crippen LogP contribution in [0.1, 0.15) is 39.0 Å². The van der Waals surface area contributed by atoms with Gasteiger partial charge in [-0.25, -0.2) is 14.4 Å². The van der Waals surface area contributed by atoms with Gasteiger partial charge >= 0.3 is 18.0 Å². The highest BCUT2D eigenvalue weighted by molar-refractivity contribution is 7.85. The summed E-state index contributed by atoms with van der Waals surface area (Å²) in [4.78, 5) is 39.2. The minimum absolute atomic E-state index is 0.0753. The molecule has 9 heteroatoms. The van der Waals surface area contributed by atoms with E-state index in [1.54, 1.807) is 6.92 Å². The normalized spacial score (nSPS) is 15.2. The first-order valence-corrected chi connectivity index (χ1v) is 14.4. The number of carbonyl (C=O) groups is 3. The third kappa shape index (κ3) is 6.43. The summed E-state index contributed by atoms with van der Waals surface area (Å²) in [7, 11) is -0.926. The van der Waals surface area contributed by atoms with Crippen LogP contribution < -0.4 is 16.3 Å². The van der Waals surface area contributed by atoms with E-state index in [1.165, 1.54) is 14.2 Å². The number of ether oxygens (including phenoxy) is 3. The Morgan fingerprint density at radius 2 is 1.47 bits per heavy atom. The predicted molar refractivity (Wildman–Crippen MR) is 148 cm³/mol. The molecule has 1 saturated carbocycles. The van der Waals surface area contributed by atoms with Crippen molar-refractivity contribution in [3.8, 4) is 0 Å². The van der Waals surface area contributed by atoms with Crippen LogP contribution >= 0.6 is 7.05 Å². The Kier molecular flexibility index (Phi) is 10.5. The number of nitrogens with two attached hydrogens (primary N) is 1. The lowest BCUT2D eigenvalue weighted by Crippen LogP contribution is -2.28. The number of methoxy groups -OCH3 is 2. The second-order valence-corrected chi connectivity index (χ2v) is 11.8. The van der Waals surface area contributed by atoms with E-state index in [4.69, 9.17) is 24.7 Å². The number of hydrogen-bond acceptors (Lipinski definition) is 7. The van der Waals surface area contributed by atoms with E-state index in [0.29, 0.717) is 21.6 Å². The molecule has 0 atom stereocenters. The highest BCUT2D eigenvalue weighted by Gasteiger charge is 2.39. The number of allylic oxidation sites excluding steroid dienone is 1. The van der Waals surface area contributed by atoms with Crippen molar-refractivity contribution in [3.05, 3.63) is 83.3 Å². The smallest absolute Gasteiger partial charge is 0.433 e. The van der Waals surface area contributed by atoms with Gasteiger partial charge in [0, 0.05) is 27.7 Å². The quantitative estimate of drug-likeness (QED) is 0.165. The summed E-state index contributed by atoms with van der Waals surface area (Å²) in [5, 5.41) is 1.66. The minimum Gasteiger partial charge on any atom is -0.466 e. The predicted octanol–water partition coefficient (Wildman–Crippen LogP) is 5.02. The molecule has 0 heterocycles. The zero-order valence-electron chi connectivity index (χ0n) is 22.1. The highest BCUT2D eigenvalue weighted by Crippen LogP contribution is 2.60. The summed E-state index contributed by atoms with van der Waals surface area (Å²) in [5.41, 5.74) is 7.34. The van der Waals surface area contributed by atoms with Crippen molar-refractivity contribution in [2.75, 3.05) is 20.8 Å². The van der Waals surface area contributed by atoms with Gasteiger partial charge in [-0.2, -0.15) is 4.74 Å². The second-order valence-electron chi connectivity index (χ2n) is 8.82. The van der Waals surface area contributed by atoms with E-state index in [9.17, 15) is 14.4 Å². The standard InChI is InChI=1S/C29H35N2O6P/c1-4-37-29(34)31-38(22-16-10-6-11-17-22,23-18-12-7-13-19-23)27(26(30)21-14-8-5-9-15-21)24(28(33)36-3)20-25(32)35-2/h6-7,10-13,16-21H,4-5,8-9,14-15,30H2,1-3H3/b24-20+,27-26+. The van der Waals surface area contributed by atoms with Crippen LogP contribution in [0, 0.1) is 5.92 Å². The molecule has 1 fully saturated rings. The largest absolute Gasteiger partial charge is 0.466 e. The molecular weight excluding hydrogens is 503 g/mol. The lowest BCUT2D eigenvalue weighted by molar-refractivity contribution is -0.138. The summed E-state index contributed by atoms with van der Waals surface area (Å²) >= 11 is 0. The van der Waals surface area contributed by atoms with Gasteiger partial charge in [0.15, 0.2) is 0 Å². The Balaban J connectivity index is 2.60. The van der Waals surface area contributed by atoms with Gasteiger partial charge in [-0.3, -0.25) is 0 Å². The molecule has 0 aliphatic heterocycles. The first kappa shape index (κ1) is 28.9. The Hall–Kier alpha value is -3.64. The molecule has 0 bridgehead atoms. The van der Waals surface area contributed by atoms with Crippen molar-refractivity contribution in [3.63, 3.8) is 0 Å². The van der Waals surface area contributed by atoms with E-state index in [0.717, 1.165) is 38.2 Å². The van der Waals surface area contributed by atoms with Crippen LogP contribution in [0.3, 0.4) is 0 Å². The maximum absolute atomic E-state index is 13.4. The molecule has 0 spiro atoms. The molecule has 2 aromatic rings. The molecule has 1 aliphatic carbocycles. The molecule has 0 unspecified atom stereocenters. The first-order chi connectivity index (χ1) is 18.4. The molecule has 0 saturated heterocycles. The Morgan fingerprint density at radius 3 is 1.95 bits per heavy atom. The fraction of sp³-hybridized carbons (Fsp3) is 0.345. The number of nitrogens with zero attached hydrogens (tertiary/aromatic N) is 1. The van der Waals surface area contributed by atoms with E-state index >= 15 is 0 Å². The van der Waals surface area contributed by atoms with E-state index < -0.39 is 25.1 Å². The molecule has 38 heavy (non-hydrogen) atoms. The van der Waals surface area contributed by atoms with Gasteiger partial charge in [0.25, 0.3) is 0 Å². The van der Waals surface area contributed by atoms with Crippen molar-refractivity contribution >= 4 is 35.7 Å². The molecule has 8 nitrogen and oxygen atoms in total. The fourth-order valence-electron chi connectivity index (χ4n) is 4.77. The van der Waals surface area contributed by atoms with Crippen molar-refractivity contribution in [1.82, 2.24) is 0 Å². The molecule has 2 aromatic carbocycles. The van der Waals surface area contributed by atoms with Gasteiger partial charge in [-0.05, 0) is 25.7 Å². The van der Waals surface area contributed by atoms with Crippen LogP contribution in [-0.4, -0.2) is 38.9 Å². The maximum atomic E-state index is 13.4. The zero-order chi connectivity index (χ0) is 27.5. The van der Waals surface area contributed by atoms with Crippen LogP contribution in [0.4, 0.5) is 4.79 Å². The van der Waals surface area contributed by atoms with Gasteiger partial charge < -0.3 is 19.9 Å². The van der Waals surface area contributed by atoms with Crippen molar-refractivity contribution in [2.24, 2.45) is 16.4 Å².